The highest BCUT2D eigenvalue weighted by atomic mass is 32.2. The highest BCUT2D eigenvalue weighted by molar-refractivity contribution is 8.03. The van der Waals surface area contributed by atoms with Crippen molar-refractivity contribution in [3.8, 4) is 0 Å². The lowest BCUT2D eigenvalue weighted by Gasteiger charge is -2.37. The fraction of sp³-hybridized carbons (Fsp3) is 0.571. The van der Waals surface area contributed by atoms with Crippen LogP contribution in [0.25, 0.3) is 0 Å². The van der Waals surface area contributed by atoms with Crippen LogP contribution in [-0.4, -0.2) is 36.2 Å². The molecule has 0 spiro atoms. The van der Waals surface area contributed by atoms with E-state index in [0.717, 1.165) is 50.2 Å². The summed E-state index contributed by atoms with van der Waals surface area (Å²) in [6.07, 6.45) is 7.78. The van der Waals surface area contributed by atoms with Gasteiger partial charge in [-0.05, 0) is 73.7 Å². The van der Waals surface area contributed by atoms with E-state index < -0.39 is 0 Å². The van der Waals surface area contributed by atoms with E-state index in [0.29, 0.717) is 5.92 Å². The van der Waals surface area contributed by atoms with E-state index in [1.165, 1.54) is 29.9 Å². The monoisotopic (exact) mass is 374 g/mol. The minimum Gasteiger partial charge on any atom is -0.335 e. The van der Waals surface area contributed by atoms with Crippen LogP contribution in [0.4, 0.5) is 4.39 Å². The fourth-order valence-corrected chi connectivity index (χ4v) is 5.77. The molecule has 0 aromatic heterocycles. The number of halogens is 1. The number of carbonyl (C=O) groups is 1. The third-order valence-corrected chi connectivity index (χ3v) is 7.22. The Labute approximate surface area is 159 Å². The van der Waals surface area contributed by atoms with Crippen molar-refractivity contribution in [2.75, 3.05) is 25.4 Å². The van der Waals surface area contributed by atoms with Crippen LogP contribution in [0.2, 0.25) is 0 Å². The van der Waals surface area contributed by atoms with Crippen LogP contribution >= 0.6 is 11.8 Å². The molecule has 4 rings (SSSR count). The van der Waals surface area contributed by atoms with E-state index in [1.54, 1.807) is 0 Å². The Morgan fingerprint density at radius 2 is 1.88 bits per heavy atom. The van der Waals surface area contributed by atoms with E-state index in [2.05, 4.69) is 16.3 Å². The molecule has 2 fully saturated rings. The molecule has 1 amide bonds. The summed E-state index contributed by atoms with van der Waals surface area (Å²) in [5.41, 5.74) is 1.06. The molecule has 1 aromatic rings. The molecule has 0 aliphatic carbocycles. The Morgan fingerprint density at radius 3 is 2.65 bits per heavy atom. The number of likely N-dealkylation sites (tertiary alicyclic amines) is 1. The van der Waals surface area contributed by atoms with Crippen LogP contribution in [0.5, 0.6) is 0 Å². The molecule has 0 saturated carbocycles. The molecular formula is C21H27FN2OS. The molecule has 1 aromatic carbocycles. The van der Waals surface area contributed by atoms with Crippen LogP contribution in [0, 0.1) is 17.7 Å². The van der Waals surface area contributed by atoms with Gasteiger partial charge in [-0.1, -0.05) is 18.2 Å². The quantitative estimate of drug-likeness (QED) is 0.864. The van der Waals surface area contributed by atoms with Gasteiger partial charge >= 0.3 is 0 Å². The third-order valence-electron chi connectivity index (χ3n) is 5.89. The van der Waals surface area contributed by atoms with E-state index in [-0.39, 0.29) is 23.7 Å². The number of hydrogen-bond donors (Lipinski definition) is 1. The summed E-state index contributed by atoms with van der Waals surface area (Å²) in [6, 6.07) is 6.79. The summed E-state index contributed by atoms with van der Waals surface area (Å²) in [5.74, 6) is 1.56. The zero-order chi connectivity index (χ0) is 17.9. The first-order chi connectivity index (χ1) is 12.7. The maximum absolute atomic E-state index is 13.3. The van der Waals surface area contributed by atoms with Crippen LogP contribution in [0.15, 0.2) is 35.2 Å². The minimum atomic E-state index is -0.218. The maximum Gasteiger partial charge on any atom is 0.230 e. The second kappa shape index (κ2) is 8.13. The zero-order valence-corrected chi connectivity index (χ0v) is 15.9. The topological polar surface area (TPSA) is 32.3 Å². The van der Waals surface area contributed by atoms with Crippen LogP contribution in [-0.2, 0) is 4.79 Å². The number of thioether (sulfide) groups is 1. The molecule has 0 radical (unpaired) electrons. The Morgan fingerprint density at radius 1 is 1.12 bits per heavy atom. The number of carbonyl (C=O) groups excluding carboxylic acids is 1. The molecule has 3 nitrogen and oxygen atoms in total. The van der Waals surface area contributed by atoms with Gasteiger partial charge in [0, 0.05) is 12.3 Å². The summed E-state index contributed by atoms with van der Waals surface area (Å²) >= 11 is 1.88. The molecule has 2 atom stereocenters. The van der Waals surface area contributed by atoms with Gasteiger partial charge in [-0.2, -0.15) is 0 Å². The van der Waals surface area contributed by atoms with E-state index in [4.69, 9.17) is 0 Å². The van der Waals surface area contributed by atoms with Crippen molar-refractivity contribution in [2.24, 2.45) is 11.8 Å². The van der Waals surface area contributed by atoms with Gasteiger partial charge in [0.05, 0.1) is 12.0 Å². The van der Waals surface area contributed by atoms with Crippen molar-refractivity contribution in [1.82, 2.24) is 10.2 Å². The first-order valence-electron chi connectivity index (χ1n) is 9.83. The molecule has 0 bridgehead atoms. The number of nitrogens with zero attached hydrogens (tertiary/aromatic N) is 1. The predicted molar refractivity (Wildman–Crippen MR) is 104 cm³/mol. The number of hydrogen-bond acceptors (Lipinski definition) is 3. The average Bonchev–Trinajstić information content (AvgIpc) is 3.19. The molecular weight excluding hydrogens is 347 g/mol. The number of rotatable bonds is 3. The van der Waals surface area contributed by atoms with Gasteiger partial charge in [-0.15, -0.1) is 11.8 Å². The molecule has 2 unspecified atom stereocenters. The fourth-order valence-electron chi connectivity index (χ4n) is 4.42. The SMILES string of the molecule is O=C(C1C=C(C2CCNCC2)SC1)N1CCCCC1c1ccc(F)cc1. The summed E-state index contributed by atoms with van der Waals surface area (Å²) in [5, 5.41) is 3.41. The van der Waals surface area contributed by atoms with Crippen molar-refractivity contribution in [3.05, 3.63) is 46.6 Å². The highest BCUT2D eigenvalue weighted by Crippen LogP contribution is 2.40. The standard InChI is InChI=1S/C21H27FN2OS/c22-18-6-4-15(5-7-18)19-3-1-2-12-24(19)21(25)17-13-20(26-14-17)16-8-10-23-11-9-16/h4-7,13,16-17,19,23H,1-3,8-12,14H2. The Balaban J connectivity index is 1.48. The Hall–Kier alpha value is -1.33. The number of allylic oxidation sites excluding steroid dienone is 1. The van der Waals surface area contributed by atoms with Gasteiger partial charge < -0.3 is 10.2 Å². The Kier molecular flexibility index (Phi) is 5.65. The molecule has 5 heteroatoms. The average molecular weight is 375 g/mol. The first kappa shape index (κ1) is 18.1. The normalized spacial score (nSPS) is 27.4. The Bertz CT molecular complexity index is 669. The summed E-state index contributed by atoms with van der Waals surface area (Å²) in [4.78, 5) is 16.8. The van der Waals surface area contributed by atoms with E-state index in [1.807, 2.05) is 23.9 Å². The molecule has 3 heterocycles. The van der Waals surface area contributed by atoms with Crippen molar-refractivity contribution in [1.29, 1.82) is 0 Å². The third kappa shape index (κ3) is 3.84. The molecule has 2 saturated heterocycles. The maximum atomic E-state index is 13.3. The predicted octanol–water partition coefficient (Wildman–Crippen LogP) is 4.13. The van der Waals surface area contributed by atoms with Crippen molar-refractivity contribution < 1.29 is 9.18 Å². The molecule has 140 valence electrons. The van der Waals surface area contributed by atoms with Crippen molar-refractivity contribution >= 4 is 17.7 Å². The van der Waals surface area contributed by atoms with Gasteiger partial charge in [0.2, 0.25) is 5.91 Å². The summed E-state index contributed by atoms with van der Waals surface area (Å²) in [6.45, 7) is 2.98. The van der Waals surface area contributed by atoms with Gasteiger partial charge in [-0.25, -0.2) is 4.39 Å². The lowest BCUT2D eigenvalue weighted by Crippen LogP contribution is -2.41. The lowest BCUT2D eigenvalue weighted by molar-refractivity contribution is -0.137. The largest absolute Gasteiger partial charge is 0.335 e. The highest BCUT2D eigenvalue weighted by Gasteiger charge is 2.35. The number of benzene rings is 1. The number of nitrogens with one attached hydrogen (secondary N) is 1. The summed E-state index contributed by atoms with van der Waals surface area (Å²) < 4.78 is 13.3. The molecule has 3 aliphatic rings. The van der Waals surface area contributed by atoms with Crippen LogP contribution < -0.4 is 5.32 Å². The van der Waals surface area contributed by atoms with E-state index >= 15 is 0 Å². The van der Waals surface area contributed by atoms with Crippen molar-refractivity contribution in [3.63, 3.8) is 0 Å². The van der Waals surface area contributed by atoms with Crippen molar-refractivity contribution in [2.45, 2.75) is 38.1 Å². The first-order valence-corrected chi connectivity index (χ1v) is 10.8. The van der Waals surface area contributed by atoms with E-state index in [9.17, 15) is 9.18 Å². The minimum absolute atomic E-state index is 0.00549. The molecule has 1 N–H and O–H groups in total. The smallest absolute Gasteiger partial charge is 0.230 e. The second-order valence-electron chi connectivity index (χ2n) is 7.61. The van der Waals surface area contributed by atoms with Gasteiger partial charge in [0.25, 0.3) is 0 Å². The van der Waals surface area contributed by atoms with Crippen LogP contribution in [0.1, 0.15) is 43.7 Å². The number of piperidine rings is 2. The number of amides is 1. The molecule has 3 aliphatic heterocycles. The zero-order valence-electron chi connectivity index (χ0n) is 15.1. The van der Waals surface area contributed by atoms with Gasteiger partial charge in [0.1, 0.15) is 5.82 Å². The summed E-state index contributed by atoms with van der Waals surface area (Å²) in [7, 11) is 0. The second-order valence-corrected chi connectivity index (χ2v) is 8.70. The molecule has 26 heavy (non-hydrogen) atoms. The van der Waals surface area contributed by atoms with Gasteiger partial charge in [-0.3, -0.25) is 4.79 Å². The lowest BCUT2D eigenvalue weighted by atomic mass is 9.92. The van der Waals surface area contributed by atoms with Crippen LogP contribution in [0.3, 0.4) is 0 Å². The van der Waals surface area contributed by atoms with Gasteiger partial charge in [0.15, 0.2) is 0 Å².